The maximum atomic E-state index is 13.7. The van der Waals surface area contributed by atoms with Crippen LogP contribution in [0.2, 0.25) is 0 Å². The monoisotopic (exact) mass is 388 g/mol. The summed E-state index contributed by atoms with van der Waals surface area (Å²) in [7, 11) is -3.76. The summed E-state index contributed by atoms with van der Waals surface area (Å²) in [6, 6.07) is 12.0. The van der Waals surface area contributed by atoms with E-state index >= 15 is 0 Å². The number of esters is 1. The third kappa shape index (κ3) is 3.21. The molecule has 0 spiro atoms. The number of carbonyl (C=O) groups excluding carboxylic acids is 1. The molecule has 1 saturated heterocycles. The zero-order valence-corrected chi connectivity index (χ0v) is 15.2. The second-order valence-corrected chi connectivity index (χ2v) is 8.01. The van der Waals surface area contributed by atoms with Crippen LogP contribution >= 0.6 is 0 Å². The highest BCUT2D eigenvalue weighted by atomic mass is 32.2. The summed E-state index contributed by atoms with van der Waals surface area (Å²) in [5, 5.41) is 0. The number of hydrogen-bond donors (Lipinski definition) is 0. The number of nitrogens with zero attached hydrogens (tertiary/aromatic N) is 2. The van der Waals surface area contributed by atoms with Crippen molar-refractivity contribution in [2.45, 2.75) is 30.4 Å². The molecule has 0 aromatic heterocycles. The van der Waals surface area contributed by atoms with Crippen molar-refractivity contribution in [3.63, 3.8) is 0 Å². The Bertz CT molecular complexity index is 1040. The van der Waals surface area contributed by atoms with Gasteiger partial charge in [0.05, 0.1) is 0 Å². The fourth-order valence-corrected chi connectivity index (χ4v) is 4.64. The molecule has 0 bridgehead atoms. The summed E-state index contributed by atoms with van der Waals surface area (Å²) in [6.07, 6.45) is 1.23. The summed E-state index contributed by atoms with van der Waals surface area (Å²) < 4.78 is 47.4. The fourth-order valence-electron chi connectivity index (χ4n) is 3.42. The molecule has 0 N–H and O–H groups in total. The number of rotatable bonds is 3. The van der Waals surface area contributed by atoms with Crippen LogP contribution in [-0.2, 0) is 26.2 Å². The van der Waals surface area contributed by atoms with Crippen LogP contribution in [0.1, 0.15) is 24.0 Å². The lowest BCUT2D eigenvalue weighted by Gasteiger charge is -2.25. The fraction of sp³-hybridized carbons (Fsp3) is 0.263. The van der Waals surface area contributed by atoms with Crippen molar-refractivity contribution >= 4 is 21.8 Å². The van der Waals surface area contributed by atoms with E-state index in [0.717, 1.165) is 0 Å². The van der Waals surface area contributed by atoms with Gasteiger partial charge in [-0.25, -0.2) is 9.18 Å². The lowest BCUT2D eigenvalue weighted by molar-refractivity contribution is -0.149. The van der Waals surface area contributed by atoms with E-state index in [0.29, 0.717) is 30.5 Å². The second kappa shape index (κ2) is 6.77. The molecule has 0 unspecified atom stereocenters. The van der Waals surface area contributed by atoms with Crippen molar-refractivity contribution in [1.29, 1.82) is 0 Å². The molecule has 4 rings (SSSR count). The van der Waals surface area contributed by atoms with Gasteiger partial charge in [0.15, 0.2) is 5.84 Å². The lowest BCUT2D eigenvalue weighted by atomic mass is 10.1. The minimum absolute atomic E-state index is 0.144. The van der Waals surface area contributed by atoms with Gasteiger partial charge in [-0.05, 0) is 31.0 Å². The van der Waals surface area contributed by atoms with Crippen molar-refractivity contribution in [3.8, 4) is 0 Å². The molecule has 8 heteroatoms. The maximum absolute atomic E-state index is 13.7. The summed E-state index contributed by atoms with van der Waals surface area (Å²) >= 11 is 0. The first-order chi connectivity index (χ1) is 13.0. The third-order valence-electron chi connectivity index (χ3n) is 4.74. The average molecular weight is 388 g/mol. The number of likely N-dealkylation sites (tertiary alicyclic amines) is 1. The molecular formula is C19H17FN2O4S. The number of amidine groups is 1. The molecule has 2 aromatic rings. The number of sulfonamides is 1. The zero-order chi connectivity index (χ0) is 19.0. The molecule has 27 heavy (non-hydrogen) atoms. The van der Waals surface area contributed by atoms with Gasteiger partial charge in [0, 0.05) is 17.7 Å². The molecule has 1 atom stereocenters. The van der Waals surface area contributed by atoms with Gasteiger partial charge in [-0.1, -0.05) is 30.3 Å². The van der Waals surface area contributed by atoms with Gasteiger partial charge < -0.3 is 9.64 Å². The molecule has 2 aliphatic heterocycles. The third-order valence-corrected chi connectivity index (χ3v) is 6.06. The number of halogens is 1. The topological polar surface area (TPSA) is 76.0 Å². The zero-order valence-electron chi connectivity index (χ0n) is 14.3. The van der Waals surface area contributed by atoms with E-state index < -0.39 is 27.9 Å². The largest absolute Gasteiger partial charge is 0.459 e. The number of fused-ring (bicyclic) bond motifs is 1. The molecule has 0 amide bonds. The predicted octanol–water partition coefficient (Wildman–Crippen LogP) is 2.48. The van der Waals surface area contributed by atoms with Crippen molar-refractivity contribution in [2.75, 3.05) is 6.54 Å². The van der Waals surface area contributed by atoms with Crippen LogP contribution in [0, 0.1) is 5.82 Å². The molecule has 6 nitrogen and oxygen atoms in total. The van der Waals surface area contributed by atoms with Crippen molar-refractivity contribution in [3.05, 3.63) is 65.5 Å². The highest BCUT2D eigenvalue weighted by molar-refractivity contribution is 7.90. The number of hydrogen-bond acceptors (Lipinski definition) is 5. The maximum Gasteiger partial charge on any atom is 0.329 e. The Morgan fingerprint density at radius 3 is 2.74 bits per heavy atom. The summed E-state index contributed by atoms with van der Waals surface area (Å²) in [5.41, 5.74) is 0.785. The van der Waals surface area contributed by atoms with Crippen molar-refractivity contribution in [1.82, 2.24) is 4.90 Å². The Balaban J connectivity index is 1.55. The van der Waals surface area contributed by atoms with E-state index in [1.807, 2.05) is 0 Å². The van der Waals surface area contributed by atoms with Gasteiger partial charge in [0.2, 0.25) is 0 Å². The first kappa shape index (κ1) is 17.7. The van der Waals surface area contributed by atoms with Gasteiger partial charge in [-0.2, -0.15) is 8.42 Å². The predicted molar refractivity (Wildman–Crippen MR) is 96.1 cm³/mol. The Kier molecular flexibility index (Phi) is 4.43. The van der Waals surface area contributed by atoms with Gasteiger partial charge in [0.1, 0.15) is 23.4 Å². The van der Waals surface area contributed by atoms with Gasteiger partial charge in [-0.15, -0.1) is 4.40 Å². The van der Waals surface area contributed by atoms with Crippen molar-refractivity contribution < 1.29 is 22.3 Å². The minimum atomic E-state index is -3.76. The van der Waals surface area contributed by atoms with Crippen LogP contribution in [0.15, 0.2) is 57.8 Å². The smallest absolute Gasteiger partial charge is 0.329 e. The first-order valence-corrected chi connectivity index (χ1v) is 10.0. The Morgan fingerprint density at radius 2 is 1.93 bits per heavy atom. The normalized spacial score (nSPS) is 20.3. The summed E-state index contributed by atoms with van der Waals surface area (Å²) in [4.78, 5) is 14.4. The molecular weight excluding hydrogens is 371 g/mol. The Morgan fingerprint density at radius 1 is 1.19 bits per heavy atom. The minimum Gasteiger partial charge on any atom is -0.459 e. The van der Waals surface area contributed by atoms with Crippen molar-refractivity contribution in [2.24, 2.45) is 4.40 Å². The standard InChI is InChI=1S/C19H17FN2O4S/c20-15-8-3-1-6-13(15)12-26-19(23)16-9-5-11-22(16)18-14-7-2-4-10-17(14)27(24,25)21-18/h1-4,6-8,10,16H,5,9,11-12H2/t16-/m0/s1. The Hall–Kier alpha value is -2.74. The van der Waals surface area contributed by atoms with Gasteiger partial charge >= 0.3 is 5.97 Å². The molecule has 2 aliphatic rings. The van der Waals surface area contributed by atoms with Gasteiger partial charge in [-0.3, -0.25) is 0 Å². The molecule has 140 valence electrons. The average Bonchev–Trinajstić information content (AvgIpc) is 3.24. The lowest BCUT2D eigenvalue weighted by Crippen LogP contribution is -2.41. The van der Waals surface area contributed by atoms with Gasteiger partial charge in [0.25, 0.3) is 10.0 Å². The molecule has 2 heterocycles. The van der Waals surface area contributed by atoms with Crippen LogP contribution in [0.4, 0.5) is 4.39 Å². The van der Waals surface area contributed by atoms with E-state index in [-0.39, 0.29) is 17.3 Å². The van der Waals surface area contributed by atoms with Crippen LogP contribution in [0.5, 0.6) is 0 Å². The highest BCUT2D eigenvalue weighted by Crippen LogP contribution is 2.31. The molecule has 0 saturated carbocycles. The summed E-state index contributed by atoms with van der Waals surface area (Å²) in [5.74, 6) is -0.676. The SMILES string of the molecule is O=C(OCc1ccccc1F)[C@@H]1CCCN1C1=NS(=O)(=O)c2ccccc21. The number of ether oxygens (including phenoxy) is 1. The highest BCUT2D eigenvalue weighted by Gasteiger charge is 2.39. The second-order valence-electron chi connectivity index (χ2n) is 6.44. The molecule has 0 radical (unpaired) electrons. The number of benzene rings is 2. The first-order valence-electron chi connectivity index (χ1n) is 8.58. The van der Waals surface area contributed by atoms with Crippen LogP contribution in [-0.4, -0.2) is 37.7 Å². The van der Waals surface area contributed by atoms with E-state index in [4.69, 9.17) is 4.74 Å². The number of carbonyl (C=O) groups is 1. The quantitative estimate of drug-likeness (QED) is 0.755. The van der Waals surface area contributed by atoms with Crippen LogP contribution < -0.4 is 0 Å². The van der Waals surface area contributed by atoms with Crippen LogP contribution in [0.25, 0.3) is 0 Å². The molecule has 0 aliphatic carbocycles. The van der Waals surface area contributed by atoms with E-state index in [2.05, 4.69) is 4.40 Å². The van der Waals surface area contributed by atoms with E-state index in [9.17, 15) is 17.6 Å². The molecule has 2 aromatic carbocycles. The summed E-state index contributed by atoms with van der Waals surface area (Å²) in [6.45, 7) is 0.333. The molecule has 1 fully saturated rings. The van der Waals surface area contributed by atoms with E-state index in [1.54, 1.807) is 41.3 Å². The Labute approximate surface area is 156 Å². The van der Waals surface area contributed by atoms with Crippen LogP contribution in [0.3, 0.4) is 0 Å². The van der Waals surface area contributed by atoms with E-state index in [1.165, 1.54) is 12.1 Å².